The van der Waals surface area contributed by atoms with E-state index < -0.39 is 6.10 Å². The molecular weight excluding hydrogens is 556 g/mol. The van der Waals surface area contributed by atoms with Gasteiger partial charge in [-0.05, 0) is 77.2 Å². The Kier molecular flexibility index (Phi) is 18.5. The van der Waals surface area contributed by atoms with Crippen LogP contribution in [0.2, 0.25) is 0 Å². The number of carbonyl (C=O) groups excluding carboxylic acids is 1. The zero-order valence-electron chi connectivity index (χ0n) is 28.1. The van der Waals surface area contributed by atoms with E-state index in [1.54, 1.807) is 0 Å². The lowest BCUT2D eigenvalue weighted by molar-refractivity contribution is -0.139. The molecule has 2 saturated heterocycles. The van der Waals surface area contributed by atoms with Gasteiger partial charge in [0, 0.05) is 5.57 Å². The Morgan fingerprint density at radius 2 is 1.11 bits per heavy atom. The molecule has 2 fully saturated rings. The van der Waals surface area contributed by atoms with Gasteiger partial charge in [-0.3, -0.25) is 0 Å². The van der Waals surface area contributed by atoms with Crippen molar-refractivity contribution in [1.29, 1.82) is 0 Å². The third-order valence-electron chi connectivity index (χ3n) is 10.1. The molecule has 8 atom stereocenters. The summed E-state index contributed by atoms with van der Waals surface area (Å²) in [6.07, 6.45) is 25.6. The van der Waals surface area contributed by atoms with Gasteiger partial charge in [0.2, 0.25) is 0 Å². The molecule has 0 aromatic rings. The van der Waals surface area contributed by atoms with Crippen LogP contribution in [0.15, 0.2) is 11.6 Å². The first-order valence-corrected chi connectivity index (χ1v) is 18.6. The van der Waals surface area contributed by atoms with Crippen molar-refractivity contribution in [3.63, 3.8) is 0 Å². The molecule has 256 valence electrons. The van der Waals surface area contributed by atoms with Gasteiger partial charge in [-0.15, -0.1) is 0 Å². The maximum Gasteiger partial charge on any atom is 0.334 e. The molecule has 0 bridgehead atoms. The summed E-state index contributed by atoms with van der Waals surface area (Å²) in [7, 11) is 0. The fourth-order valence-corrected chi connectivity index (χ4v) is 7.27. The molecule has 3 N–H and O–H groups in total. The summed E-state index contributed by atoms with van der Waals surface area (Å²) in [5.41, 5.74) is 0.828. The minimum absolute atomic E-state index is 0.0248. The zero-order valence-corrected chi connectivity index (χ0v) is 28.1. The smallest absolute Gasteiger partial charge is 0.334 e. The lowest BCUT2D eigenvalue weighted by atomic mass is 9.99. The van der Waals surface area contributed by atoms with Gasteiger partial charge >= 0.3 is 5.97 Å². The fourth-order valence-electron chi connectivity index (χ4n) is 7.27. The standard InChI is InChI=1S/C37H66O7/c1-3-4-5-6-7-8-12-15-21-31(39)33-23-25-35(43-33)36-26-24-34(44-36)32(40)22-17-16-20-30(38)19-14-11-9-10-13-18-29-27-28(2)42-37(29)41/h27-28,30-36,38-40H,3-26H2,1-2H3/t28-,30-,31+,32+,33+,34+,35+,36+/m0/s1. The van der Waals surface area contributed by atoms with E-state index in [1.807, 2.05) is 13.0 Å². The van der Waals surface area contributed by atoms with Crippen molar-refractivity contribution >= 4 is 5.97 Å². The van der Waals surface area contributed by atoms with Crippen molar-refractivity contribution in [2.75, 3.05) is 0 Å². The number of aliphatic hydroxyl groups is 3. The highest BCUT2D eigenvalue weighted by Crippen LogP contribution is 2.34. The summed E-state index contributed by atoms with van der Waals surface area (Å²) < 4.78 is 17.7. The van der Waals surface area contributed by atoms with Crippen molar-refractivity contribution in [1.82, 2.24) is 0 Å². The molecule has 0 aromatic heterocycles. The lowest BCUT2D eigenvalue weighted by Crippen LogP contribution is -2.33. The highest BCUT2D eigenvalue weighted by Gasteiger charge is 2.40. The van der Waals surface area contributed by atoms with E-state index in [0.717, 1.165) is 108 Å². The number of carbonyl (C=O) groups is 1. The molecule has 7 heteroatoms. The van der Waals surface area contributed by atoms with Crippen molar-refractivity contribution < 1.29 is 34.3 Å². The molecular formula is C37H66O7. The number of hydrogen-bond donors (Lipinski definition) is 3. The van der Waals surface area contributed by atoms with E-state index in [1.165, 1.54) is 44.9 Å². The van der Waals surface area contributed by atoms with E-state index in [4.69, 9.17) is 14.2 Å². The maximum atomic E-state index is 11.6. The van der Waals surface area contributed by atoms with Crippen LogP contribution in [0.3, 0.4) is 0 Å². The predicted molar refractivity (Wildman–Crippen MR) is 175 cm³/mol. The van der Waals surface area contributed by atoms with Gasteiger partial charge in [-0.2, -0.15) is 0 Å². The summed E-state index contributed by atoms with van der Waals surface area (Å²) in [5, 5.41) is 31.8. The molecule has 0 unspecified atom stereocenters. The Balaban J connectivity index is 1.14. The number of aliphatic hydroxyl groups excluding tert-OH is 3. The molecule has 0 spiro atoms. The fraction of sp³-hybridized carbons (Fsp3) is 0.919. The lowest BCUT2D eigenvalue weighted by Gasteiger charge is -2.24. The molecule has 0 amide bonds. The number of hydrogen-bond acceptors (Lipinski definition) is 7. The first-order chi connectivity index (χ1) is 21.4. The number of esters is 1. The Labute approximate surface area is 268 Å². The highest BCUT2D eigenvalue weighted by molar-refractivity contribution is 5.90. The average molecular weight is 623 g/mol. The summed E-state index contributed by atoms with van der Waals surface area (Å²) in [5.74, 6) is -0.152. The van der Waals surface area contributed by atoms with E-state index in [2.05, 4.69) is 6.92 Å². The molecule has 0 saturated carbocycles. The third kappa shape index (κ3) is 14.2. The van der Waals surface area contributed by atoms with Crippen LogP contribution in [0.25, 0.3) is 0 Å². The van der Waals surface area contributed by atoms with Crippen LogP contribution in [0, 0.1) is 0 Å². The Bertz CT molecular complexity index is 801. The van der Waals surface area contributed by atoms with E-state index >= 15 is 0 Å². The van der Waals surface area contributed by atoms with Crippen LogP contribution in [-0.4, -0.2) is 70.1 Å². The molecule has 3 aliphatic heterocycles. The van der Waals surface area contributed by atoms with Gasteiger partial charge in [-0.25, -0.2) is 4.79 Å². The minimum Gasteiger partial charge on any atom is -0.455 e. The van der Waals surface area contributed by atoms with E-state index in [9.17, 15) is 20.1 Å². The molecule has 3 rings (SSSR count). The topological polar surface area (TPSA) is 105 Å². The Morgan fingerprint density at radius 1 is 0.659 bits per heavy atom. The first-order valence-electron chi connectivity index (χ1n) is 18.6. The Morgan fingerprint density at radius 3 is 1.64 bits per heavy atom. The molecule has 44 heavy (non-hydrogen) atoms. The SMILES string of the molecule is CCCCCCCCCC[C@@H](O)[C@H]1CC[C@H]([C@H]2CC[C@H]([C@H](O)CCCC[C@@H](O)CCCCCCCC3=C[C@H](C)OC3=O)O2)O1. The second-order valence-electron chi connectivity index (χ2n) is 14.0. The molecule has 3 heterocycles. The summed E-state index contributed by atoms with van der Waals surface area (Å²) >= 11 is 0. The van der Waals surface area contributed by atoms with Crippen molar-refractivity contribution in [3.05, 3.63) is 11.6 Å². The largest absolute Gasteiger partial charge is 0.455 e. The van der Waals surface area contributed by atoms with Gasteiger partial charge in [0.15, 0.2) is 0 Å². The summed E-state index contributed by atoms with van der Waals surface area (Å²) in [6.45, 7) is 4.14. The number of cyclic esters (lactones) is 1. The van der Waals surface area contributed by atoms with Crippen LogP contribution < -0.4 is 0 Å². The van der Waals surface area contributed by atoms with E-state index in [-0.39, 0.29) is 48.7 Å². The molecule has 0 aromatic carbocycles. The van der Waals surface area contributed by atoms with Crippen LogP contribution in [-0.2, 0) is 19.0 Å². The first kappa shape index (κ1) is 37.5. The highest BCUT2D eigenvalue weighted by atomic mass is 16.6. The number of unbranched alkanes of at least 4 members (excludes halogenated alkanes) is 12. The second-order valence-corrected chi connectivity index (χ2v) is 14.0. The zero-order chi connectivity index (χ0) is 31.6. The van der Waals surface area contributed by atoms with Gasteiger partial charge in [-0.1, -0.05) is 96.8 Å². The minimum atomic E-state index is -0.466. The third-order valence-corrected chi connectivity index (χ3v) is 10.1. The van der Waals surface area contributed by atoms with Gasteiger partial charge in [0.05, 0.1) is 42.7 Å². The monoisotopic (exact) mass is 622 g/mol. The maximum absolute atomic E-state index is 11.6. The van der Waals surface area contributed by atoms with Crippen molar-refractivity contribution in [2.24, 2.45) is 0 Å². The van der Waals surface area contributed by atoms with Crippen LogP contribution in [0.1, 0.15) is 168 Å². The molecule has 3 aliphatic rings. The van der Waals surface area contributed by atoms with Gasteiger partial charge in [0.1, 0.15) is 6.10 Å². The quantitative estimate of drug-likeness (QED) is 0.0703. The van der Waals surface area contributed by atoms with Crippen LogP contribution in [0.4, 0.5) is 0 Å². The van der Waals surface area contributed by atoms with Gasteiger partial charge < -0.3 is 29.5 Å². The van der Waals surface area contributed by atoms with Gasteiger partial charge in [0.25, 0.3) is 0 Å². The van der Waals surface area contributed by atoms with Crippen molar-refractivity contribution in [2.45, 2.75) is 217 Å². The van der Waals surface area contributed by atoms with E-state index in [0.29, 0.717) is 6.42 Å². The second kappa shape index (κ2) is 21.7. The molecule has 7 nitrogen and oxygen atoms in total. The van der Waals surface area contributed by atoms with Crippen LogP contribution >= 0.6 is 0 Å². The summed E-state index contributed by atoms with van der Waals surface area (Å²) in [4.78, 5) is 11.6. The van der Waals surface area contributed by atoms with Crippen molar-refractivity contribution in [3.8, 4) is 0 Å². The number of rotatable bonds is 25. The average Bonchev–Trinajstić information content (AvgIpc) is 3.76. The molecule has 0 radical (unpaired) electrons. The number of ether oxygens (including phenoxy) is 3. The van der Waals surface area contributed by atoms with Crippen LogP contribution in [0.5, 0.6) is 0 Å². The molecule has 0 aliphatic carbocycles. The predicted octanol–water partition coefficient (Wildman–Crippen LogP) is 7.86. The normalized spacial score (nSPS) is 27.4. The Hall–Kier alpha value is -0.990. The summed E-state index contributed by atoms with van der Waals surface area (Å²) in [6, 6.07) is 0.